The van der Waals surface area contributed by atoms with E-state index < -0.39 is 0 Å². The van der Waals surface area contributed by atoms with Gasteiger partial charge in [0.1, 0.15) is 0 Å². The topological polar surface area (TPSA) is 12.5 Å². The molecule has 0 rings (SSSR count). The molecule has 0 radical (unpaired) electrons. The molecule has 80 valence electrons. The average molecular weight is 252 g/mol. The van der Waals surface area contributed by atoms with Gasteiger partial charge in [-0.05, 0) is 19.9 Å². The van der Waals surface area contributed by atoms with Gasteiger partial charge >= 0.3 is 0 Å². The molecule has 0 aromatic heterocycles. The van der Waals surface area contributed by atoms with Gasteiger partial charge in [0.2, 0.25) is 0 Å². The molecule has 0 spiro atoms. The van der Waals surface area contributed by atoms with Crippen LogP contribution < -0.4 is 0 Å². The highest BCUT2D eigenvalue weighted by Crippen LogP contribution is 2.09. The van der Waals surface area contributed by atoms with Crippen LogP contribution in [0.3, 0.4) is 0 Å². The lowest BCUT2D eigenvalue weighted by molar-refractivity contribution is 0.169. The SMILES string of the molecule is CCC(CC)N(C)CC(Br)COC. The minimum absolute atomic E-state index is 0.447. The van der Waals surface area contributed by atoms with Crippen LogP contribution in [0.2, 0.25) is 0 Å². The summed E-state index contributed by atoms with van der Waals surface area (Å²) in [6.45, 7) is 6.32. The molecule has 0 amide bonds. The lowest BCUT2D eigenvalue weighted by atomic mass is 10.1. The second-order valence-corrected chi connectivity index (χ2v) is 4.76. The standard InChI is InChI=1S/C10H22BrNO/c1-5-10(6-2)12(3)7-9(11)8-13-4/h9-10H,5-8H2,1-4H3. The normalized spacial score (nSPS) is 14.1. The number of halogens is 1. The summed E-state index contributed by atoms with van der Waals surface area (Å²) in [6, 6.07) is 0.705. The molecule has 0 aliphatic carbocycles. The first kappa shape index (κ1) is 13.4. The molecule has 1 unspecified atom stereocenters. The molecular formula is C10H22BrNO. The van der Waals surface area contributed by atoms with E-state index in [0.717, 1.165) is 13.2 Å². The second kappa shape index (κ2) is 7.77. The van der Waals surface area contributed by atoms with Crippen LogP contribution in [0.5, 0.6) is 0 Å². The van der Waals surface area contributed by atoms with Gasteiger partial charge < -0.3 is 9.64 Å². The molecule has 0 N–H and O–H groups in total. The van der Waals surface area contributed by atoms with Crippen LogP contribution in [0.4, 0.5) is 0 Å². The molecule has 0 heterocycles. The van der Waals surface area contributed by atoms with Gasteiger partial charge in [-0.1, -0.05) is 29.8 Å². The van der Waals surface area contributed by atoms with Gasteiger partial charge in [-0.15, -0.1) is 0 Å². The molecule has 0 saturated heterocycles. The number of ether oxygens (including phenoxy) is 1. The van der Waals surface area contributed by atoms with Crippen LogP contribution in [-0.2, 0) is 4.74 Å². The fourth-order valence-corrected chi connectivity index (χ4v) is 2.33. The Bertz CT molecular complexity index is 117. The number of hydrogen-bond acceptors (Lipinski definition) is 2. The van der Waals surface area contributed by atoms with Crippen molar-refractivity contribution in [2.75, 3.05) is 27.3 Å². The first-order valence-electron chi connectivity index (χ1n) is 4.98. The van der Waals surface area contributed by atoms with Gasteiger partial charge in [0.05, 0.1) is 11.4 Å². The molecule has 0 saturated carbocycles. The van der Waals surface area contributed by atoms with Crippen LogP contribution in [0.1, 0.15) is 26.7 Å². The van der Waals surface area contributed by atoms with E-state index in [1.54, 1.807) is 7.11 Å². The Morgan fingerprint density at radius 1 is 1.31 bits per heavy atom. The van der Waals surface area contributed by atoms with Crippen molar-refractivity contribution in [1.29, 1.82) is 0 Å². The van der Waals surface area contributed by atoms with Crippen LogP contribution in [0.25, 0.3) is 0 Å². The number of methoxy groups -OCH3 is 1. The molecule has 0 aromatic carbocycles. The van der Waals surface area contributed by atoms with Gasteiger partial charge in [-0.25, -0.2) is 0 Å². The largest absolute Gasteiger partial charge is 0.383 e. The van der Waals surface area contributed by atoms with Crippen molar-refractivity contribution in [2.24, 2.45) is 0 Å². The van der Waals surface area contributed by atoms with Crippen molar-refractivity contribution in [3.05, 3.63) is 0 Å². The zero-order valence-corrected chi connectivity index (χ0v) is 10.8. The minimum atomic E-state index is 0.447. The first-order valence-corrected chi connectivity index (χ1v) is 5.90. The predicted molar refractivity (Wildman–Crippen MR) is 61.6 cm³/mol. The lowest BCUT2D eigenvalue weighted by Crippen LogP contribution is -2.36. The molecule has 0 aliphatic rings. The first-order chi connectivity index (χ1) is 6.15. The molecule has 0 bridgehead atoms. The molecule has 1 atom stereocenters. The Labute approximate surface area is 90.8 Å². The van der Waals surface area contributed by atoms with Crippen molar-refractivity contribution in [1.82, 2.24) is 4.90 Å². The van der Waals surface area contributed by atoms with Crippen LogP contribution in [-0.4, -0.2) is 43.1 Å². The highest BCUT2D eigenvalue weighted by molar-refractivity contribution is 9.09. The summed E-state index contributed by atoms with van der Waals surface area (Å²) < 4.78 is 5.08. The van der Waals surface area contributed by atoms with Crippen LogP contribution in [0.15, 0.2) is 0 Å². The quantitative estimate of drug-likeness (QED) is 0.645. The average Bonchev–Trinajstić information content (AvgIpc) is 2.06. The number of hydrogen-bond donors (Lipinski definition) is 0. The van der Waals surface area contributed by atoms with E-state index in [1.807, 2.05) is 0 Å². The third-order valence-corrected chi connectivity index (χ3v) is 2.95. The molecule has 0 aliphatic heterocycles. The van der Waals surface area contributed by atoms with Crippen molar-refractivity contribution in [3.63, 3.8) is 0 Å². The van der Waals surface area contributed by atoms with Gasteiger partial charge in [-0.2, -0.15) is 0 Å². The minimum Gasteiger partial charge on any atom is -0.383 e. The predicted octanol–water partition coefficient (Wildman–Crippen LogP) is 2.52. The molecule has 13 heavy (non-hydrogen) atoms. The molecule has 0 aromatic rings. The second-order valence-electron chi connectivity index (χ2n) is 3.46. The van der Waals surface area contributed by atoms with Crippen LogP contribution >= 0.6 is 15.9 Å². The summed E-state index contributed by atoms with van der Waals surface area (Å²) in [5.41, 5.74) is 0. The zero-order chi connectivity index (χ0) is 10.3. The van der Waals surface area contributed by atoms with Crippen molar-refractivity contribution < 1.29 is 4.74 Å². The van der Waals surface area contributed by atoms with Gasteiger partial charge in [0.25, 0.3) is 0 Å². The highest BCUT2D eigenvalue weighted by Gasteiger charge is 2.13. The maximum atomic E-state index is 5.08. The van der Waals surface area contributed by atoms with E-state index in [9.17, 15) is 0 Å². The zero-order valence-electron chi connectivity index (χ0n) is 9.22. The van der Waals surface area contributed by atoms with Gasteiger partial charge in [0, 0.05) is 19.7 Å². The Hall–Kier alpha value is 0.400. The number of rotatable bonds is 7. The van der Waals surface area contributed by atoms with Crippen LogP contribution in [0, 0.1) is 0 Å². The van der Waals surface area contributed by atoms with Crippen molar-refractivity contribution >= 4 is 15.9 Å². The molecule has 2 nitrogen and oxygen atoms in total. The summed E-state index contributed by atoms with van der Waals surface area (Å²) in [4.78, 5) is 2.85. The van der Waals surface area contributed by atoms with Gasteiger partial charge in [0.15, 0.2) is 0 Å². The highest BCUT2D eigenvalue weighted by atomic mass is 79.9. The molecular weight excluding hydrogens is 230 g/mol. The van der Waals surface area contributed by atoms with Crippen molar-refractivity contribution in [2.45, 2.75) is 37.6 Å². The Morgan fingerprint density at radius 2 is 1.85 bits per heavy atom. The fraction of sp³-hybridized carbons (Fsp3) is 1.00. The summed E-state index contributed by atoms with van der Waals surface area (Å²) in [5.74, 6) is 0. The number of alkyl halides is 1. The van der Waals surface area contributed by atoms with E-state index in [2.05, 4.69) is 41.7 Å². The third kappa shape index (κ3) is 5.66. The Morgan fingerprint density at radius 3 is 2.23 bits per heavy atom. The monoisotopic (exact) mass is 251 g/mol. The van der Waals surface area contributed by atoms with E-state index >= 15 is 0 Å². The maximum absolute atomic E-state index is 5.08. The summed E-state index contributed by atoms with van der Waals surface area (Å²) >= 11 is 3.60. The van der Waals surface area contributed by atoms with Crippen molar-refractivity contribution in [3.8, 4) is 0 Å². The summed E-state index contributed by atoms with van der Waals surface area (Å²) in [6.07, 6.45) is 2.44. The molecule has 0 fully saturated rings. The summed E-state index contributed by atoms with van der Waals surface area (Å²) in [5, 5.41) is 0. The van der Waals surface area contributed by atoms with E-state index in [4.69, 9.17) is 4.74 Å². The van der Waals surface area contributed by atoms with Gasteiger partial charge in [-0.3, -0.25) is 0 Å². The third-order valence-electron chi connectivity index (χ3n) is 2.40. The van der Waals surface area contributed by atoms with E-state index in [0.29, 0.717) is 10.9 Å². The fourth-order valence-electron chi connectivity index (χ4n) is 1.61. The number of nitrogens with zero attached hydrogens (tertiary/aromatic N) is 1. The van der Waals surface area contributed by atoms with E-state index in [1.165, 1.54) is 12.8 Å². The molecule has 3 heteroatoms. The Balaban J connectivity index is 3.75. The maximum Gasteiger partial charge on any atom is 0.0600 e. The Kier molecular flexibility index (Phi) is 8.01. The van der Waals surface area contributed by atoms with E-state index in [-0.39, 0.29) is 0 Å². The smallest absolute Gasteiger partial charge is 0.0600 e. The lowest BCUT2D eigenvalue weighted by Gasteiger charge is -2.27. The summed E-state index contributed by atoms with van der Waals surface area (Å²) in [7, 11) is 3.92.